The van der Waals surface area contributed by atoms with Crippen molar-refractivity contribution >= 4 is 5.91 Å². The topological polar surface area (TPSA) is 86.5 Å². The smallest absolute Gasteiger partial charge is 0.231 e. The summed E-state index contributed by atoms with van der Waals surface area (Å²) < 4.78 is 16.0. The van der Waals surface area contributed by atoms with E-state index in [9.17, 15) is 4.79 Å². The van der Waals surface area contributed by atoms with Crippen LogP contribution in [0.1, 0.15) is 11.4 Å². The largest absolute Gasteiger partial charge is 0.454 e. The van der Waals surface area contributed by atoms with Crippen LogP contribution in [0.4, 0.5) is 0 Å². The van der Waals surface area contributed by atoms with Gasteiger partial charge in [-0.1, -0.05) is 11.2 Å². The number of fused-ring (bicyclic) bond motifs is 1. The lowest BCUT2D eigenvalue weighted by Crippen LogP contribution is -2.25. The van der Waals surface area contributed by atoms with E-state index in [1.54, 1.807) is 12.3 Å². The van der Waals surface area contributed by atoms with Gasteiger partial charge >= 0.3 is 0 Å². The van der Waals surface area contributed by atoms with Crippen molar-refractivity contribution in [3.8, 4) is 22.8 Å². The fourth-order valence-electron chi connectivity index (χ4n) is 2.50. The zero-order chi connectivity index (χ0) is 17.1. The maximum Gasteiger partial charge on any atom is 0.231 e. The SMILES string of the molecule is O=C(Cc1cc(-c2ccc3c(c2)OCO3)on1)NCc1ccccn1. The van der Waals surface area contributed by atoms with Crippen LogP contribution in [-0.2, 0) is 17.8 Å². The minimum atomic E-state index is -0.142. The summed E-state index contributed by atoms with van der Waals surface area (Å²) in [6.45, 7) is 0.601. The number of rotatable bonds is 5. The van der Waals surface area contributed by atoms with Gasteiger partial charge in [-0.25, -0.2) is 0 Å². The summed E-state index contributed by atoms with van der Waals surface area (Å²) in [5.41, 5.74) is 2.18. The summed E-state index contributed by atoms with van der Waals surface area (Å²) in [6.07, 6.45) is 1.83. The number of ether oxygens (including phenoxy) is 2. The molecule has 0 spiro atoms. The van der Waals surface area contributed by atoms with Crippen molar-refractivity contribution in [2.75, 3.05) is 6.79 Å². The number of hydrogen-bond donors (Lipinski definition) is 1. The van der Waals surface area contributed by atoms with E-state index in [2.05, 4.69) is 15.5 Å². The number of nitrogens with zero attached hydrogens (tertiary/aromatic N) is 2. The van der Waals surface area contributed by atoms with Gasteiger partial charge < -0.3 is 19.3 Å². The molecule has 0 unspecified atom stereocenters. The van der Waals surface area contributed by atoms with Gasteiger partial charge in [0, 0.05) is 17.8 Å². The van der Waals surface area contributed by atoms with Crippen LogP contribution in [0.3, 0.4) is 0 Å². The fourth-order valence-corrected chi connectivity index (χ4v) is 2.50. The molecular weight excluding hydrogens is 322 g/mol. The Kier molecular flexibility index (Phi) is 4.04. The monoisotopic (exact) mass is 337 g/mol. The molecule has 7 nitrogen and oxygen atoms in total. The molecule has 7 heteroatoms. The zero-order valence-corrected chi connectivity index (χ0v) is 13.3. The molecule has 4 rings (SSSR count). The molecule has 0 saturated carbocycles. The van der Waals surface area contributed by atoms with Crippen LogP contribution in [0.5, 0.6) is 11.5 Å². The molecule has 0 aliphatic carbocycles. The normalized spacial score (nSPS) is 12.2. The maximum atomic E-state index is 12.0. The Morgan fingerprint density at radius 1 is 1.08 bits per heavy atom. The molecule has 0 atom stereocenters. The van der Waals surface area contributed by atoms with Gasteiger partial charge in [-0.3, -0.25) is 9.78 Å². The molecule has 1 aliphatic heterocycles. The highest BCUT2D eigenvalue weighted by atomic mass is 16.7. The molecule has 1 aromatic carbocycles. The number of aromatic nitrogens is 2. The predicted molar refractivity (Wildman–Crippen MR) is 87.8 cm³/mol. The molecular formula is C18H15N3O4. The van der Waals surface area contributed by atoms with Crippen LogP contribution in [0.25, 0.3) is 11.3 Å². The minimum Gasteiger partial charge on any atom is -0.454 e. The van der Waals surface area contributed by atoms with Crippen molar-refractivity contribution in [3.63, 3.8) is 0 Å². The summed E-state index contributed by atoms with van der Waals surface area (Å²) in [4.78, 5) is 16.2. The molecule has 0 saturated heterocycles. The molecule has 1 aliphatic rings. The first kappa shape index (κ1) is 15.2. The number of carbonyl (C=O) groups is 1. The molecule has 0 fully saturated rings. The van der Waals surface area contributed by atoms with Crippen LogP contribution in [0.2, 0.25) is 0 Å². The summed E-state index contributed by atoms with van der Waals surface area (Å²) in [7, 11) is 0. The molecule has 2 aromatic heterocycles. The fraction of sp³-hybridized carbons (Fsp3) is 0.167. The van der Waals surface area contributed by atoms with Crippen molar-refractivity contribution in [2.45, 2.75) is 13.0 Å². The Balaban J connectivity index is 1.39. The van der Waals surface area contributed by atoms with E-state index < -0.39 is 0 Å². The Labute approximate surface area is 143 Å². The van der Waals surface area contributed by atoms with Crippen LogP contribution < -0.4 is 14.8 Å². The molecule has 1 N–H and O–H groups in total. The van der Waals surface area contributed by atoms with Crippen molar-refractivity contribution in [3.05, 3.63) is 60.0 Å². The van der Waals surface area contributed by atoms with Crippen molar-refractivity contribution in [2.24, 2.45) is 0 Å². The van der Waals surface area contributed by atoms with Gasteiger partial charge in [0.2, 0.25) is 12.7 Å². The van der Waals surface area contributed by atoms with Crippen LogP contribution in [0, 0.1) is 0 Å². The lowest BCUT2D eigenvalue weighted by molar-refractivity contribution is -0.120. The van der Waals surface area contributed by atoms with Crippen LogP contribution in [0.15, 0.2) is 53.2 Å². The van der Waals surface area contributed by atoms with Gasteiger partial charge in [0.1, 0.15) is 0 Å². The van der Waals surface area contributed by atoms with E-state index in [0.717, 1.165) is 11.3 Å². The Morgan fingerprint density at radius 3 is 2.88 bits per heavy atom. The Morgan fingerprint density at radius 2 is 2.00 bits per heavy atom. The molecule has 0 bridgehead atoms. The highest BCUT2D eigenvalue weighted by Gasteiger charge is 2.16. The summed E-state index contributed by atoms with van der Waals surface area (Å²) >= 11 is 0. The highest BCUT2D eigenvalue weighted by molar-refractivity contribution is 5.78. The van der Waals surface area contributed by atoms with Crippen molar-refractivity contribution < 1.29 is 18.8 Å². The number of benzene rings is 1. The van der Waals surface area contributed by atoms with E-state index in [-0.39, 0.29) is 19.1 Å². The Hall–Kier alpha value is -3.35. The summed E-state index contributed by atoms with van der Waals surface area (Å²) in [5.74, 6) is 1.81. The van der Waals surface area contributed by atoms with Gasteiger partial charge in [-0.05, 0) is 30.3 Å². The van der Waals surface area contributed by atoms with E-state index in [0.29, 0.717) is 29.5 Å². The van der Waals surface area contributed by atoms with Crippen LogP contribution >= 0.6 is 0 Å². The third kappa shape index (κ3) is 3.45. The Bertz CT molecular complexity index is 892. The quantitative estimate of drug-likeness (QED) is 0.769. The molecule has 1 amide bonds. The molecule has 25 heavy (non-hydrogen) atoms. The van der Waals surface area contributed by atoms with E-state index in [1.807, 2.05) is 36.4 Å². The molecule has 126 valence electrons. The number of carbonyl (C=O) groups excluding carboxylic acids is 1. The van der Waals surface area contributed by atoms with E-state index in [4.69, 9.17) is 14.0 Å². The second-order valence-corrected chi connectivity index (χ2v) is 5.53. The maximum absolute atomic E-state index is 12.0. The first-order valence-corrected chi connectivity index (χ1v) is 7.80. The van der Waals surface area contributed by atoms with Crippen molar-refractivity contribution in [1.29, 1.82) is 0 Å². The van der Waals surface area contributed by atoms with Gasteiger partial charge in [-0.2, -0.15) is 0 Å². The average molecular weight is 337 g/mol. The highest BCUT2D eigenvalue weighted by Crippen LogP contribution is 2.36. The lowest BCUT2D eigenvalue weighted by atomic mass is 10.1. The second kappa shape index (κ2) is 6.64. The zero-order valence-electron chi connectivity index (χ0n) is 13.3. The number of pyridine rings is 1. The van der Waals surface area contributed by atoms with Crippen molar-refractivity contribution in [1.82, 2.24) is 15.5 Å². The summed E-state index contributed by atoms with van der Waals surface area (Å²) in [6, 6.07) is 12.8. The number of nitrogens with one attached hydrogen (secondary N) is 1. The van der Waals surface area contributed by atoms with Gasteiger partial charge in [0.05, 0.1) is 24.4 Å². The standard InChI is InChI=1S/C18H15N3O4/c22-18(20-10-13-3-1-2-6-19-13)9-14-8-16(25-21-14)12-4-5-15-17(7-12)24-11-23-15/h1-8H,9-11H2,(H,20,22). The molecule has 3 heterocycles. The number of hydrogen-bond acceptors (Lipinski definition) is 6. The first-order valence-electron chi connectivity index (χ1n) is 7.80. The third-order valence-corrected chi connectivity index (χ3v) is 3.75. The van der Waals surface area contributed by atoms with Gasteiger partial charge in [-0.15, -0.1) is 0 Å². The number of amides is 1. The van der Waals surface area contributed by atoms with E-state index >= 15 is 0 Å². The average Bonchev–Trinajstić information content (AvgIpc) is 3.29. The predicted octanol–water partition coefficient (Wildman–Crippen LogP) is 2.32. The third-order valence-electron chi connectivity index (χ3n) is 3.75. The lowest BCUT2D eigenvalue weighted by Gasteiger charge is -2.02. The van der Waals surface area contributed by atoms with E-state index in [1.165, 1.54) is 0 Å². The first-order chi connectivity index (χ1) is 12.3. The van der Waals surface area contributed by atoms with Crippen LogP contribution in [-0.4, -0.2) is 22.8 Å². The summed E-state index contributed by atoms with van der Waals surface area (Å²) in [5, 5.41) is 6.77. The molecule has 0 radical (unpaired) electrons. The molecule has 3 aromatic rings. The minimum absolute atomic E-state index is 0.140. The van der Waals surface area contributed by atoms with Gasteiger partial charge in [0.25, 0.3) is 0 Å². The van der Waals surface area contributed by atoms with Gasteiger partial charge in [0.15, 0.2) is 17.3 Å². The second-order valence-electron chi connectivity index (χ2n) is 5.53.